The van der Waals surface area contributed by atoms with Crippen LogP contribution in [0.2, 0.25) is 0 Å². The van der Waals surface area contributed by atoms with Gasteiger partial charge in [0.1, 0.15) is 21.5 Å². The lowest BCUT2D eigenvalue weighted by Crippen LogP contribution is -2.36. The fourth-order valence-corrected chi connectivity index (χ4v) is 4.39. The van der Waals surface area contributed by atoms with Gasteiger partial charge in [-0.1, -0.05) is 0 Å². The molecule has 0 bridgehead atoms. The van der Waals surface area contributed by atoms with Crippen molar-refractivity contribution >= 4 is 28.6 Å². The predicted molar refractivity (Wildman–Crippen MR) is 121 cm³/mol. The molecule has 1 aromatic heterocycles. The van der Waals surface area contributed by atoms with Crippen LogP contribution in [0.15, 0.2) is 42.5 Å². The van der Waals surface area contributed by atoms with E-state index in [9.17, 15) is 9.18 Å². The lowest BCUT2D eigenvalue weighted by atomic mass is 10.2. The fourth-order valence-electron chi connectivity index (χ4n) is 3.42. The van der Waals surface area contributed by atoms with Crippen LogP contribution in [0, 0.1) is 12.7 Å². The SMILES string of the molecule is CCOc1ccc(-c2nc(C)c(C(=O)Nc3ccc(N4CCOCC4)c(F)c3)s2)cc1. The minimum absolute atomic E-state index is 0.300. The second-order valence-electron chi connectivity index (χ2n) is 7.11. The first-order chi connectivity index (χ1) is 15.0. The van der Waals surface area contributed by atoms with Crippen LogP contribution in [-0.4, -0.2) is 43.8 Å². The van der Waals surface area contributed by atoms with E-state index in [4.69, 9.17) is 9.47 Å². The third-order valence-corrected chi connectivity index (χ3v) is 6.18. The van der Waals surface area contributed by atoms with Gasteiger partial charge < -0.3 is 19.7 Å². The minimum atomic E-state index is -0.365. The average Bonchev–Trinajstić information content (AvgIpc) is 3.17. The van der Waals surface area contributed by atoms with Gasteiger partial charge in [-0.05, 0) is 56.3 Å². The van der Waals surface area contributed by atoms with Crippen LogP contribution >= 0.6 is 11.3 Å². The van der Waals surface area contributed by atoms with E-state index in [1.165, 1.54) is 17.4 Å². The first kappa shape index (κ1) is 21.3. The molecule has 0 unspecified atom stereocenters. The summed E-state index contributed by atoms with van der Waals surface area (Å²) in [6.45, 7) is 6.80. The monoisotopic (exact) mass is 441 g/mol. The molecule has 0 atom stereocenters. The summed E-state index contributed by atoms with van der Waals surface area (Å²) in [5.41, 5.74) is 2.48. The molecule has 4 rings (SSSR count). The van der Waals surface area contributed by atoms with Gasteiger partial charge >= 0.3 is 0 Å². The van der Waals surface area contributed by atoms with Gasteiger partial charge in [0, 0.05) is 24.3 Å². The number of ether oxygens (including phenoxy) is 2. The quantitative estimate of drug-likeness (QED) is 0.598. The number of aromatic nitrogens is 1. The smallest absolute Gasteiger partial charge is 0.267 e. The molecular formula is C23H24FN3O3S. The molecule has 8 heteroatoms. The Hall–Kier alpha value is -2.97. The molecule has 162 valence electrons. The highest BCUT2D eigenvalue weighted by atomic mass is 32.1. The Balaban J connectivity index is 1.48. The summed E-state index contributed by atoms with van der Waals surface area (Å²) in [5.74, 6) is 0.126. The standard InChI is InChI=1S/C23H24FN3O3S/c1-3-30-18-7-4-16(5-8-18)23-25-15(2)21(31-23)22(28)26-17-6-9-20(19(24)14-17)27-10-12-29-13-11-27/h4-9,14H,3,10-13H2,1-2H3,(H,26,28). The number of benzene rings is 2. The highest BCUT2D eigenvalue weighted by Crippen LogP contribution is 2.30. The van der Waals surface area contributed by atoms with Crippen LogP contribution in [0.4, 0.5) is 15.8 Å². The maximum atomic E-state index is 14.6. The van der Waals surface area contributed by atoms with Gasteiger partial charge in [0.25, 0.3) is 5.91 Å². The topological polar surface area (TPSA) is 63.7 Å². The molecule has 1 saturated heterocycles. The second-order valence-corrected chi connectivity index (χ2v) is 8.11. The third-order valence-electron chi connectivity index (χ3n) is 4.97. The summed E-state index contributed by atoms with van der Waals surface area (Å²) < 4.78 is 25.4. The van der Waals surface area contributed by atoms with Crippen molar-refractivity contribution in [2.24, 2.45) is 0 Å². The van der Waals surface area contributed by atoms with Crippen molar-refractivity contribution < 1.29 is 18.7 Å². The molecule has 1 amide bonds. The number of anilines is 2. The Labute approximate surface area is 184 Å². The third kappa shape index (κ3) is 4.86. The van der Waals surface area contributed by atoms with Gasteiger partial charge in [-0.15, -0.1) is 11.3 Å². The number of amides is 1. The van der Waals surface area contributed by atoms with Crippen LogP contribution in [0.1, 0.15) is 22.3 Å². The van der Waals surface area contributed by atoms with E-state index in [-0.39, 0.29) is 11.7 Å². The van der Waals surface area contributed by atoms with Crippen molar-refractivity contribution in [1.82, 2.24) is 4.98 Å². The van der Waals surface area contributed by atoms with Gasteiger partial charge in [-0.2, -0.15) is 0 Å². The summed E-state index contributed by atoms with van der Waals surface area (Å²) in [6, 6.07) is 12.4. The average molecular weight is 442 g/mol. The summed E-state index contributed by atoms with van der Waals surface area (Å²) in [4.78, 5) is 19.8. The van der Waals surface area contributed by atoms with E-state index in [1.54, 1.807) is 19.1 Å². The van der Waals surface area contributed by atoms with Gasteiger partial charge in [0.05, 0.1) is 31.2 Å². The predicted octanol–water partition coefficient (Wildman–Crippen LogP) is 4.75. The van der Waals surface area contributed by atoms with Crippen molar-refractivity contribution in [2.45, 2.75) is 13.8 Å². The number of nitrogens with zero attached hydrogens (tertiary/aromatic N) is 2. The van der Waals surface area contributed by atoms with Crippen LogP contribution in [0.3, 0.4) is 0 Å². The molecule has 2 heterocycles. The first-order valence-electron chi connectivity index (χ1n) is 10.2. The molecule has 1 N–H and O–H groups in total. The highest BCUT2D eigenvalue weighted by Gasteiger charge is 2.19. The van der Waals surface area contributed by atoms with E-state index in [0.29, 0.717) is 54.9 Å². The van der Waals surface area contributed by atoms with Crippen LogP contribution in [0.25, 0.3) is 10.6 Å². The Morgan fingerprint density at radius 3 is 2.65 bits per heavy atom. The molecule has 31 heavy (non-hydrogen) atoms. The molecule has 1 fully saturated rings. The van der Waals surface area contributed by atoms with E-state index in [0.717, 1.165) is 16.3 Å². The van der Waals surface area contributed by atoms with Crippen molar-refractivity contribution in [3.8, 4) is 16.3 Å². The number of rotatable bonds is 6. The zero-order chi connectivity index (χ0) is 21.8. The first-order valence-corrected chi connectivity index (χ1v) is 11.0. The molecule has 0 spiro atoms. The molecular weight excluding hydrogens is 417 g/mol. The van der Waals surface area contributed by atoms with E-state index < -0.39 is 0 Å². The molecule has 3 aromatic rings. The second kappa shape index (κ2) is 9.45. The van der Waals surface area contributed by atoms with Gasteiger partial charge in [-0.25, -0.2) is 9.37 Å². The highest BCUT2D eigenvalue weighted by molar-refractivity contribution is 7.17. The zero-order valence-corrected chi connectivity index (χ0v) is 18.3. The fraction of sp³-hybridized carbons (Fsp3) is 0.304. The Bertz CT molecular complexity index is 1060. The van der Waals surface area contributed by atoms with Crippen molar-refractivity contribution in [2.75, 3.05) is 43.1 Å². The maximum absolute atomic E-state index is 14.6. The normalized spacial score (nSPS) is 13.8. The minimum Gasteiger partial charge on any atom is -0.494 e. The van der Waals surface area contributed by atoms with Crippen LogP contribution < -0.4 is 15.0 Å². The number of carbonyl (C=O) groups excluding carboxylic acids is 1. The van der Waals surface area contributed by atoms with Gasteiger partial charge in [0.2, 0.25) is 0 Å². The van der Waals surface area contributed by atoms with E-state index in [2.05, 4.69) is 10.3 Å². The van der Waals surface area contributed by atoms with E-state index >= 15 is 0 Å². The van der Waals surface area contributed by atoms with E-state index in [1.807, 2.05) is 36.1 Å². The number of nitrogens with one attached hydrogen (secondary N) is 1. The molecule has 0 aliphatic carbocycles. The Morgan fingerprint density at radius 2 is 1.97 bits per heavy atom. The summed E-state index contributed by atoms with van der Waals surface area (Å²) in [7, 11) is 0. The van der Waals surface area contributed by atoms with Gasteiger partial charge in [-0.3, -0.25) is 4.79 Å². The number of aryl methyl sites for hydroxylation is 1. The van der Waals surface area contributed by atoms with Crippen molar-refractivity contribution in [3.05, 3.63) is 58.9 Å². The van der Waals surface area contributed by atoms with Gasteiger partial charge in [0.15, 0.2) is 0 Å². The number of carbonyl (C=O) groups is 1. The van der Waals surface area contributed by atoms with Crippen LogP contribution in [0.5, 0.6) is 5.75 Å². The largest absolute Gasteiger partial charge is 0.494 e. The number of morpholine rings is 1. The lowest BCUT2D eigenvalue weighted by Gasteiger charge is -2.29. The molecule has 2 aromatic carbocycles. The maximum Gasteiger partial charge on any atom is 0.267 e. The molecule has 6 nitrogen and oxygen atoms in total. The summed E-state index contributed by atoms with van der Waals surface area (Å²) in [6.07, 6.45) is 0. The Kier molecular flexibility index (Phi) is 6.48. The number of thiazole rings is 1. The molecule has 0 saturated carbocycles. The lowest BCUT2D eigenvalue weighted by molar-refractivity contribution is 0.103. The van der Waals surface area contributed by atoms with Crippen molar-refractivity contribution in [3.63, 3.8) is 0 Å². The molecule has 1 aliphatic heterocycles. The number of halogens is 1. The number of hydrogen-bond donors (Lipinski definition) is 1. The van der Waals surface area contributed by atoms with Crippen molar-refractivity contribution in [1.29, 1.82) is 0 Å². The summed E-state index contributed by atoms with van der Waals surface area (Å²) in [5, 5.41) is 3.54. The molecule has 1 aliphatic rings. The number of hydrogen-bond acceptors (Lipinski definition) is 6. The zero-order valence-electron chi connectivity index (χ0n) is 17.5. The van der Waals surface area contributed by atoms with Crippen LogP contribution in [-0.2, 0) is 4.74 Å². The summed E-state index contributed by atoms with van der Waals surface area (Å²) >= 11 is 1.31. The Morgan fingerprint density at radius 1 is 1.23 bits per heavy atom. The molecule has 0 radical (unpaired) electrons.